The van der Waals surface area contributed by atoms with Gasteiger partial charge in [0.2, 0.25) is 5.91 Å². The van der Waals surface area contributed by atoms with E-state index in [9.17, 15) is 14.0 Å². The van der Waals surface area contributed by atoms with E-state index >= 15 is 0 Å². The first-order chi connectivity index (χ1) is 11.4. The fourth-order valence-corrected chi connectivity index (χ4v) is 3.15. The molecule has 1 saturated carbocycles. The molecule has 0 aromatic heterocycles. The molecule has 1 atom stereocenters. The normalized spacial score (nSPS) is 21.2. The Balaban J connectivity index is 1.74. The lowest BCUT2D eigenvalue weighted by molar-refractivity contribution is -0.139. The van der Waals surface area contributed by atoms with Crippen molar-refractivity contribution in [2.45, 2.75) is 51.1 Å². The minimum atomic E-state index is -0.822. The molecular weight excluding hydrogens is 311 g/mol. The minimum absolute atomic E-state index is 0.0171. The Hall–Kier alpha value is -1.95. The van der Waals surface area contributed by atoms with Crippen molar-refractivity contribution in [3.63, 3.8) is 0 Å². The van der Waals surface area contributed by atoms with E-state index in [2.05, 4.69) is 5.32 Å². The second kappa shape index (κ2) is 8.24. The zero-order valence-electron chi connectivity index (χ0n) is 14.2. The van der Waals surface area contributed by atoms with Crippen LogP contribution in [-0.2, 0) is 9.59 Å². The van der Waals surface area contributed by atoms with Crippen molar-refractivity contribution in [2.75, 3.05) is 13.1 Å². The van der Waals surface area contributed by atoms with Gasteiger partial charge >= 0.3 is 5.97 Å². The molecule has 24 heavy (non-hydrogen) atoms. The number of halogens is 1. The molecule has 0 heterocycles. The predicted molar refractivity (Wildman–Crippen MR) is 89.3 cm³/mol. The summed E-state index contributed by atoms with van der Waals surface area (Å²) in [5.41, 5.74) is 0.941. The molecule has 6 heteroatoms. The molecule has 1 aromatic carbocycles. The van der Waals surface area contributed by atoms with Gasteiger partial charge in [0.1, 0.15) is 5.82 Å². The molecule has 5 nitrogen and oxygen atoms in total. The molecule has 132 valence electrons. The van der Waals surface area contributed by atoms with Crippen molar-refractivity contribution in [3.8, 4) is 0 Å². The SMILES string of the molecule is CCN(CC(=O)O)C1CC(NC(=O)CC(C)c2ccc(F)cc2)C1. The van der Waals surface area contributed by atoms with Crippen molar-refractivity contribution in [2.24, 2.45) is 0 Å². The second-order valence-electron chi connectivity index (χ2n) is 6.50. The summed E-state index contributed by atoms with van der Waals surface area (Å²) in [5, 5.41) is 11.9. The summed E-state index contributed by atoms with van der Waals surface area (Å²) < 4.78 is 12.9. The number of carbonyl (C=O) groups excluding carboxylic acids is 1. The zero-order chi connectivity index (χ0) is 17.7. The summed E-state index contributed by atoms with van der Waals surface area (Å²) in [6, 6.07) is 6.57. The number of nitrogens with zero attached hydrogens (tertiary/aromatic N) is 1. The minimum Gasteiger partial charge on any atom is -0.480 e. The van der Waals surface area contributed by atoms with E-state index in [0.717, 1.165) is 18.4 Å². The van der Waals surface area contributed by atoms with Gasteiger partial charge in [-0.05, 0) is 43.0 Å². The first kappa shape index (κ1) is 18.4. The summed E-state index contributed by atoms with van der Waals surface area (Å²) in [7, 11) is 0. The Bertz CT molecular complexity index is 570. The summed E-state index contributed by atoms with van der Waals surface area (Å²) in [6.45, 7) is 4.63. The van der Waals surface area contributed by atoms with E-state index in [4.69, 9.17) is 5.11 Å². The number of hydrogen-bond donors (Lipinski definition) is 2. The molecule has 0 radical (unpaired) electrons. The first-order valence-electron chi connectivity index (χ1n) is 8.39. The number of rotatable bonds is 8. The number of nitrogens with one attached hydrogen (secondary N) is 1. The van der Waals surface area contributed by atoms with Crippen molar-refractivity contribution >= 4 is 11.9 Å². The highest BCUT2D eigenvalue weighted by molar-refractivity contribution is 5.77. The van der Waals surface area contributed by atoms with Gasteiger partial charge in [-0.25, -0.2) is 4.39 Å². The number of benzene rings is 1. The van der Waals surface area contributed by atoms with E-state index in [0.29, 0.717) is 13.0 Å². The van der Waals surface area contributed by atoms with Crippen molar-refractivity contribution in [1.82, 2.24) is 10.2 Å². The van der Waals surface area contributed by atoms with Crippen LogP contribution < -0.4 is 5.32 Å². The van der Waals surface area contributed by atoms with Gasteiger partial charge in [0, 0.05) is 18.5 Å². The van der Waals surface area contributed by atoms with Crippen LogP contribution in [0.15, 0.2) is 24.3 Å². The lowest BCUT2D eigenvalue weighted by Gasteiger charge is -2.42. The van der Waals surface area contributed by atoms with E-state index < -0.39 is 5.97 Å². The van der Waals surface area contributed by atoms with Crippen molar-refractivity contribution < 1.29 is 19.1 Å². The third kappa shape index (κ3) is 5.03. The summed E-state index contributed by atoms with van der Waals surface area (Å²) >= 11 is 0. The smallest absolute Gasteiger partial charge is 0.317 e. The fraction of sp³-hybridized carbons (Fsp3) is 0.556. The molecule has 1 aromatic rings. The van der Waals surface area contributed by atoms with Crippen LogP contribution in [0.5, 0.6) is 0 Å². The molecule has 1 unspecified atom stereocenters. The average Bonchev–Trinajstić information content (AvgIpc) is 2.48. The van der Waals surface area contributed by atoms with Gasteiger partial charge in [0.25, 0.3) is 0 Å². The van der Waals surface area contributed by atoms with Gasteiger partial charge in [-0.3, -0.25) is 14.5 Å². The molecule has 1 amide bonds. The van der Waals surface area contributed by atoms with Crippen LogP contribution in [0.25, 0.3) is 0 Å². The van der Waals surface area contributed by atoms with Crippen molar-refractivity contribution in [1.29, 1.82) is 0 Å². The number of carboxylic acid groups (broad SMARTS) is 1. The van der Waals surface area contributed by atoms with Gasteiger partial charge < -0.3 is 10.4 Å². The first-order valence-corrected chi connectivity index (χ1v) is 8.39. The maximum atomic E-state index is 12.9. The third-order valence-corrected chi connectivity index (χ3v) is 4.67. The fourth-order valence-electron chi connectivity index (χ4n) is 3.15. The monoisotopic (exact) mass is 336 g/mol. The number of hydrogen-bond acceptors (Lipinski definition) is 3. The number of carboxylic acids is 1. The van der Waals surface area contributed by atoms with Gasteiger partial charge in [0.05, 0.1) is 6.54 Å². The van der Waals surface area contributed by atoms with Gasteiger partial charge in [-0.2, -0.15) is 0 Å². The molecule has 0 spiro atoms. The van der Waals surface area contributed by atoms with Gasteiger partial charge in [-0.15, -0.1) is 0 Å². The van der Waals surface area contributed by atoms with Crippen LogP contribution >= 0.6 is 0 Å². The molecule has 2 N–H and O–H groups in total. The van der Waals surface area contributed by atoms with E-state index in [-0.39, 0.29) is 36.3 Å². The summed E-state index contributed by atoms with van der Waals surface area (Å²) in [5.74, 6) is -1.09. The highest BCUT2D eigenvalue weighted by Crippen LogP contribution is 2.26. The molecular formula is C18H25FN2O3. The quantitative estimate of drug-likeness (QED) is 0.765. The molecule has 0 aliphatic heterocycles. The molecule has 1 aliphatic carbocycles. The highest BCUT2D eigenvalue weighted by atomic mass is 19.1. The molecule has 2 rings (SSSR count). The zero-order valence-corrected chi connectivity index (χ0v) is 14.2. The van der Waals surface area contributed by atoms with Crippen LogP contribution in [0.3, 0.4) is 0 Å². The number of carbonyl (C=O) groups is 2. The maximum absolute atomic E-state index is 12.9. The Morgan fingerprint density at radius 3 is 2.50 bits per heavy atom. The third-order valence-electron chi connectivity index (χ3n) is 4.67. The maximum Gasteiger partial charge on any atom is 0.317 e. The Morgan fingerprint density at radius 2 is 1.96 bits per heavy atom. The summed E-state index contributed by atoms with van der Waals surface area (Å²) in [6.07, 6.45) is 1.94. The largest absolute Gasteiger partial charge is 0.480 e. The van der Waals surface area contributed by atoms with Crippen LogP contribution in [-0.4, -0.2) is 47.1 Å². The van der Waals surface area contributed by atoms with E-state index in [1.165, 1.54) is 12.1 Å². The number of amides is 1. The molecule has 1 aliphatic rings. The number of aliphatic carboxylic acids is 1. The Morgan fingerprint density at radius 1 is 1.33 bits per heavy atom. The lowest BCUT2D eigenvalue weighted by Crippen LogP contribution is -2.54. The average molecular weight is 336 g/mol. The van der Waals surface area contributed by atoms with E-state index in [1.807, 2.05) is 18.7 Å². The van der Waals surface area contributed by atoms with Crippen LogP contribution in [0.1, 0.15) is 44.6 Å². The topological polar surface area (TPSA) is 69.6 Å². The lowest BCUT2D eigenvalue weighted by atomic mass is 9.85. The molecule has 0 saturated heterocycles. The molecule has 1 fully saturated rings. The molecule has 0 bridgehead atoms. The highest BCUT2D eigenvalue weighted by Gasteiger charge is 2.34. The van der Waals surface area contributed by atoms with Crippen LogP contribution in [0.2, 0.25) is 0 Å². The summed E-state index contributed by atoms with van der Waals surface area (Å²) in [4.78, 5) is 24.9. The van der Waals surface area contributed by atoms with Gasteiger partial charge in [0.15, 0.2) is 0 Å². The van der Waals surface area contributed by atoms with Crippen LogP contribution in [0.4, 0.5) is 4.39 Å². The Labute approximate surface area is 141 Å². The van der Waals surface area contributed by atoms with Gasteiger partial charge in [-0.1, -0.05) is 26.0 Å². The van der Waals surface area contributed by atoms with Crippen LogP contribution in [0, 0.1) is 5.82 Å². The Kier molecular flexibility index (Phi) is 6.31. The second-order valence-corrected chi connectivity index (χ2v) is 6.50. The standard InChI is InChI=1S/C18H25FN2O3/c1-3-21(11-18(23)24)16-9-15(10-16)20-17(22)8-12(2)13-4-6-14(19)7-5-13/h4-7,12,15-16H,3,8-11H2,1-2H3,(H,20,22)(H,23,24). The predicted octanol–water partition coefficient (Wildman–Crippen LogP) is 2.37. The van der Waals surface area contributed by atoms with E-state index in [1.54, 1.807) is 12.1 Å². The van der Waals surface area contributed by atoms with Crippen molar-refractivity contribution in [3.05, 3.63) is 35.6 Å². The number of likely N-dealkylation sites (N-methyl/N-ethyl adjacent to an activating group) is 1.